The lowest BCUT2D eigenvalue weighted by Crippen LogP contribution is -2.35. The molecule has 0 aliphatic heterocycles. The highest BCUT2D eigenvalue weighted by molar-refractivity contribution is 5.53. The second-order valence-electron chi connectivity index (χ2n) is 5.51. The molecular weight excluding hydrogens is 250 g/mol. The van der Waals surface area contributed by atoms with Crippen molar-refractivity contribution in [1.82, 2.24) is 5.32 Å². The number of aliphatic hydroxyl groups is 1. The molecule has 1 unspecified atom stereocenters. The van der Waals surface area contributed by atoms with Crippen LogP contribution in [-0.4, -0.2) is 31.4 Å². The Kier molecular flexibility index (Phi) is 7.34. The summed E-state index contributed by atoms with van der Waals surface area (Å²) in [6, 6.07) is 8.40. The molecule has 20 heavy (non-hydrogen) atoms. The summed E-state index contributed by atoms with van der Waals surface area (Å²) in [5.41, 5.74) is 2.45. The Morgan fingerprint density at radius 3 is 2.45 bits per heavy atom. The Balaban J connectivity index is 2.55. The van der Waals surface area contributed by atoms with Gasteiger partial charge in [-0.15, -0.1) is 0 Å². The summed E-state index contributed by atoms with van der Waals surface area (Å²) < 4.78 is 5.15. The van der Waals surface area contributed by atoms with Crippen LogP contribution in [0.4, 0.5) is 0 Å². The van der Waals surface area contributed by atoms with Crippen molar-refractivity contribution in [3.8, 4) is 5.75 Å². The zero-order chi connectivity index (χ0) is 15.0. The van der Waals surface area contributed by atoms with E-state index in [9.17, 15) is 0 Å². The molecule has 0 amide bonds. The fourth-order valence-corrected chi connectivity index (χ4v) is 2.14. The van der Waals surface area contributed by atoms with E-state index >= 15 is 0 Å². The van der Waals surface area contributed by atoms with E-state index in [0.29, 0.717) is 12.0 Å². The molecule has 0 aliphatic rings. The van der Waals surface area contributed by atoms with Gasteiger partial charge in [-0.3, -0.25) is 0 Å². The van der Waals surface area contributed by atoms with E-state index in [0.717, 1.165) is 18.7 Å². The molecule has 1 atom stereocenters. The molecule has 0 aliphatic carbocycles. The smallest absolute Gasteiger partial charge is 0.118 e. The first-order valence-electron chi connectivity index (χ1n) is 7.22. The lowest BCUT2D eigenvalue weighted by Gasteiger charge is -2.21. The molecule has 0 saturated carbocycles. The van der Waals surface area contributed by atoms with Gasteiger partial charge in [0, 0.05) is 19.2 Å². The minimum Gasteiger partial charge on any atom is -0.497 e. The molecule has 0 fully saturated rings. The van der Waals surface area contributed by atoms with E-state index < -0.39 is 0 Å². The van der Waals surface area contributed by atoms with E-state index in [2.05, 4.69) is 44.3 Å². The summed E-state index contributed by atoms with van der Waals surface area (Å²) in [7, 11) is 1.67. The second-order valence-corrected chi connectivity index (χ2v) is 5.51. The Bertz CT molecular complexity index is 410. The van der Waals surface area contributed by atoms with Gasteiger partial charge in [-0.05, 0) is 37.0 Å². The Morgan fingerprint density at radius 2 is 1.95 bits per heavy atom. The molecule has 3 heteroatoms. The van der Waals surface area contributed by atoms with Gasteiger partial charge in [-0.25, -0.2) is 0 Å². The number of hydrogen-bond acceptors (Lipinski definition) is 3. The van der Waals surface area contributed by atoms with Crippen molar-refractivity contribution in [2.24, 2.45) is 5.92 Å². The molecule has 0 aromatic heterocycles. The van der Waals surface area contributed by atoms with Crippen LogP contribution in [-0.2, 0) is 0 Å². The average molecular weight is 277 g/mol. The number of methoxy groups -OCH3 is 1. The third-order valence-electron chi connectivity index (χ3n) is 3.42. The zero-order valence-corrected chi connectivity index (χ0v) is 13.0. The van der Waals surface area contributed by atoms with Crippen molar-refractivity contribution in [3.05, 3.63) is 35.4 Å². The van der Waals surface area contributed by atoms with Crippen molar-refractivity contribution >= 4 is 6.08 Å². The zero-order valence-electron chi connectivity index (χ0n) is 13.0. The van der Waals surface area contributed by atoms with Crippen molar-refractivity contribution in [2.75, 3.05) is 20.3 Å². The number of ether oxygens (including phenoxy) is 1. The van der Waals surface area contributed by atoms with Gasteiger partial charge >= 0.3 is 0 Å². The molecule has 1 aromatic carbocycles. The molecular formula is C17H27NO2. The second kappa shape index (κ2) is 8.77. The van der Waals surface area contributed by atoms with E-state index in [1.807, 2.05) is 12.1 Å². The SMILES string of the molecule is COc1ccc(/C=C(/C)CNC(CCO)C(C)C)cc1. The Hall–Kier alpha value is -1.32. The van der Waals surface area contributed by atoms with Gasteiger partial charge in [-0.2, -0.15) is 0 Å². The first-order valence-corrected chi connectivity index (χ1v) is 7.22. The number of nitrogens with one attached hydrogen (secondary N) is 1. The summed E-state index contributed by atoms with van der Waals surface area (Å²) in [5, 5.41) is 12.6. The van der Waals surface area contributed by atoms with Gasteiger partial charge < -0.3 is 15.2 Å². The summed E-state index contributed by atoms with van der Waals surface area (Å²) in [6.45, 7) is 7.55. The molecule has 112 valence electrons. The summed E-state index contributed by atoms with van der Waals surface area (Å²) in [6.07, 6.45) is 2.97. The maximum absolute atomic E-state index is 9.07. The van der Waals surface area contributed by atoms with Crippen LogP contribution in [0.1, 0.15) is 32.8 Å². The van der Waals surface area contributed by atoms with E-state index in [1.54, 1.807) is 7.11 Å². The fourth-order valence-electron chi connectivity index (χ4n) is 2.14. The molecule has 1 rings (SSSR count). The standard InChI is InChI=1S/C17H27NO2/c1-13(2)17(9-10-19)18-12-14(3)11-15-5-7-16(20-4)8-6-15/h5-8,11,13,17-19H,9-10,12H2,1-4H3/b14-11-. The first kappa shape index (κ1) is 16.7. The highest BCUT2D eigenvalue weighted by Crippen LogP contribution is 2.14. The van der Waals surface area contributed by atoms with Crippen LogP contribution in [0.25, 0.3) is 6.08 Å². The monoisotopic (exact) mass is 277 g/mol. The topological polar surface area (TPSA) is 41.5 Å². The maximum atomic E-state index is 9.07. The van der Waals surface area contributed by atoms with Gasteiger partial charge in [0.15, 0.2) is 0 Å². The number of aliphatic hydroxyl groups excluding tert-OH is 1. The van der Waals surface area contributed by atoms with Crippen molar-refractivity contribution in [2.45, 2.75) is 33.2 Å². The van der Waals surface area contributed by atoms with Gasteiger partial charge in [0.25, 0.3) is 0 Å². The highest BCUT2D eigenvalue weighted by Gasteiger charge is 2.11. The summed E-state index contributed by atoms with van der Waals surface area (Å²) in [4.78, 5) is 0. The maximum Gasteiger partial charge on any atom is 0.118 e. The van der Waals surface area contributed by atoms with Crippen molar-refractivity contribution in [3.63, 3.8) is 0 Å². The van der Waals surface area contributed by atoms with E-state index in [1.165, 1.54) is 11.1 Å². The first-order chi connectivity index (χ1) is 9.56. The molecule has 0 saturated heterocycles. The molecule has 0 radical (unpaired) electrons. The van der Waals surface area contributed by atoms with Crippen molar-refractivity contribution < 1.29 is 9.84 Å². The minimum atomic E-state index is 0.233. The fraction of sp³-hybridized carbons (Fsp3) is 0.529. The number of benzene rings is 1. The minimum absolute atomic E-state index is 0.233. The van der Waals surface area contributed by atoms with E-state index in [-0.39, 0.29) is 6.61 Å². The van der Waals surface area contributed by atoms with Crippen LogP contribution in [0.15, 0.2) is 29.8 Å². The van der Waals surface area contributed by atoms with Gasteiger partial charge in [0.1, 0.15) is 5.75 Å². The third-order valence-corrected chi connectivity index (χ3v) is 3.42. The lowest BCUT2D eigenvalue weighted by atomic mass is 10.0. The largest absolute Gasteiger partial charge is 0.497 e. The number of hydrogen-bond donors (Lipinski definition) is 2. The highest BCUT2D eigenvalue weighted by atomic mass is 16.5. The molecule has 0 heterocycles. The quantitative estimate of drug-likeness (QED) is 0.767. The lowest BCUT2D eigenvalue weighted by molar-refractivity contribution is 0.247. The molecule has 2 N–H and O–H groups in total. The molecule has 0 spiro atoms. The van der Waals surface area contributed by atoms with Crippen LogP contribution in [0.2, 0.25) is 0 Å². The number of rotatable bonds is 8. The predicted molar refractivity (Wildman–Crippen MR) is 85.0 cm³/mol. The van der Waals surface area contributed by atoms with Gasteiger partial charge in [-0.1, -0.05) is 37.6 Å². The van der Waals surface area contributed by atoms with Crippen LogP contribution >= 0.6 is 0 Å². The average Bonchev–Trinajstić information content (AvgIpc) is 2.44. The summed E-state index contributed by atoms with van der Waals surface area (Å²) in [5.74, 6) is 1.40. The normalized spacial score (nSPS) is 13.6. The van der Waals surface area contributed by atoms with Crippen LogP contribution in [0, 0.1) is 5.92 Å². The van der Waals surface area contributed by atoms with Gasteiger partial charge in [0.05, 0.1) is 7.11 Å². The van der Waals surface area contributed by atoms with Gasteiger partial charge in [0.2, 0.25) is 0 Å². The van der Waals surface area contributed by atoms with Crippen LogP contribution in [0.3, 0.4) is 0 Å². The molecule has 0 bridgehead atoms. The summed E-state index contributed by atoms with van der Waals surface area (Å²) >= 11 is 0. The molecule has 1 aromatic rings. The van der Waals surface area contributed by atoms with Crippen molar-refractivity contribution in [1.29, 1.82) is 0 Å². The molecule has 3 nitrogen and oxygen atoms in total. The third kappa shape index (κ3) is 5.76. The van der Waals surface area contributed by atoms with Crippen LogP contribution < -0.4 is 10.1 Å². The Labute approximate surface area is 122 Å². The van der Waals surface area contributed by atoms with Crippen LogP contribution in [0.5, 0.6) is 5.75 Å². The predicted octanol–water partition coefficient (Wildman–Crippen LogP) is 3.10. The van der Waals surface area contributed by atoms with E-state index in [4.69, 9.17) is 9.84 Å². The Morgan fingerprint density at radius 1 is 1.30 bits per heavy atom.